The normalized spacial score (nSPS) is 13.0. The van der Waals surface area contributed by atoms with Crippen LogP contribution in [0.2, 0.25) is 5.02 Å². The van der Waals surface area contributed by atoms with E-state index in [1.165, 1.54) is 6.08 Å². The van der Waals surface area contributed by atoms with Gasteiger partial charge in [0, 0.05) is 42.5 Å². The highest BCUT2D eigenvalue weighted by atomic mass is 35.5. The van der Waals surface area contributed by atoms with E-state index in [2.05, 4.69) is 11.9 Å². The maximum atomic E-state index is 10.8. The number of nitrogens with zero attached hydrogens (tertiary/aromatic N) is 2. The van der Waals surface area contributed by atoms with Crippen LogP contribution in [-0.4, -0.2) is 56.9 Å². The van der Waals surface area contributed by atoms with Crippen LogP contribution >= 0.6 is 11.6 Å². The Bertz CT molecular complexity index is 805. The summed E-state index contributed by atoms with van der Waals surface area (Å²) in [6.45, 7) is 5.41. The number of aldehydes is 1. The van der Waals surface area contributed by atoms with Crippen molar-refractivity contribution in [3.8, 4) is 11.1 Å². The molecule has 28 heavy (non-hydrogen) atoms. The minimum Gasteiger partial charge on any atom is -0.367 e. The molecule has 0 aliphatic carbocycles. The molecule has 0 bridgehead atoms. The predicted molar refractivity (Wildman–Crippen MR) is 116 cm³/mol. The number of carbonyl (C=O) groups is 2. The van der Waals surface area contributed by atoms with Crippen LogP contribution in [0.25, 0.3) is 11.1 Å². The first-order valence-electron chi connectivity index (χ1n) is 9.08. The first-order chi connectivity index (χ1) is 13.5. The van der Waals surface area contributed by atoms with Crippen molar-refractivity contribution in [2.75, 3.05) is 38.6 Å². The molecule has 5 nitrogen and oxygen atoms in total. The van der Waals surface area contributed by atoms with Gasteiger partial charge in [-0.15, -0.1) is 0 Å². The number of halogens is 1. The minimum atomic E-state index is 0.0338. The fourth-order valence-corrected chi connectivity index (χ4v) is 3.04. The number of likely N-dealkylation sites (N-methyl/N-ethyl adjacent to an activating group) is 2. The molecule has 1 aliphatic rings. The zero-order chi connectivity index (χ0) is 20.5. The van der Waals surface area contributed by atoms with E-state index in [1.54, 1.807) is 4.90 Å². The molecule has 2 aromatic carbocycles. The minimum absolute atomic E-state index is 0.0338. The summed E-state index contributed by atoms with van der Waals surface area (Å²) in [6, 6.07) is 16.2. The zero-order valence-corrected chi connectivity index (χ0v) is 17.0. The third-order valence-corrected chi connectivity index (χ3v) is 4.81. The second kappa shape index (κ2) is 10.6. The van der Waals surface area contributed by atoms with Gasteiger partial charge in [0.05, 0.1) is 6.54 Å². The third-order valence-electron chi connectivity index (χ3n) is 4.58. The lowest BCUT2D eigenvalue weighted by Gasteiger charge is -2.38. The van der Waals surface area contributed by atoms with Crippen molar-refractivity contribution in [3.05, 3.63) is 66.2 Å². The molecule has 2 aromatic rings. The summed E-state index contributed by atoms with van der Waals surface area (Å²) >= 11 is 6.06. The van der Waals surface area contributed by atoms with Crippen LogP contribution in [-0.2, 0) is 9.59 Å². The summed E-state index contributed by atoms with van der Waals surface area (Å²) in [5.74, 6) is 0.0338. The lowest BCUT2D eigenvalue weighted by Crippen LogP contribution is -2.58. The van der Waals surface area contributed by atoms with Gasteiger partial charge in [-0.05, 0) is 36.9 Å². The monoisotopic (exact) mass is 399 g/mol. The molecule has 0 aromatic heterocycles. The molecule has 1 aliphatic heterocycles. The van der Waals surface area contributed by atoms with Crippen LogP contribution in [0.3, 0.4) is 0 Å². The van der Waals surface area contributed by atoms with Crippen LogP contribution in [0.5, 0.6) is 0 Å². The van der Waals surface area contributed by atoms with E-state index in [4.69, 9.17) is 11.6 Å². The van der Waals surface area contributed by atoms with Crippen molar-refractivity contribution in [1.82, 2.24) is 10.2 Å². The van der Waals surface area contributed by atoms with Crippen LogP contribution in [0.1, 0.15) is 0 Å². The van der Waals surface area contributed by atoms with E-state index in [0.717, 1.165) is 36.2 Å². The van der Waals surface area contributed by atoms with E-state index < -0.39 is 0 Å². The average Bonchev–Trinajstić information content (AvgIpc) is 2.68. The topological polar surface area (TPSA) is 52.7 Å². The Kier molecular flexibility index (Phi) is 8.23. The number of amides is 1. The summed E-state index contributed by atoms with van der Waals surface area (Å²) in [5, 5.41) is 3.77. The van der Waals surface area contributed by atoms with Crippen LogP contribution in [0.15, 0.2) is 61.2 Å². The predicted octanol–water partition coefficient (Wildman–Crippen LogP) is 3.24. The molecule has 0 saturated carbocycles. The number of nitrogens with one attached hydrogen (secondary N) is 1. The Labute approximate surface area is 171 Å². The van der Waals surface area contributed by atoms with Crippen molar-refractivity contribution in [2.45, 2.75) is 6.04 Å². The Balaban J connectivity index is 0.000000237. The van der Waals surface area contributed by atoms with Crippen molar-refractivity contribution in [1.29, 1.82) is 0 Å². The summed E-state index contributed by atoms with van der Waals surface area (Å²) in [4.78, 5) is 25.1. The van der Waals surface area contributed by atoms with E-state index in [9.17, 15) is 9.59 Å². The summed E-state index contributed by atoms with van der Waals surface area (Å²) in [7, 11) is 3.80. The van der Waals surface area contributed by atoms with Crippen LogP contribution < -0.4 is 10.2 Å². The molecule has 0 spiro atoms. The largest absolute Gasteiger partial charge is 0.367 e. The van der Waals surface area contributed by atoms with Gasteiger partial charge in [0.25, 0.3) is 0 Å². The SMILES string of the molecule is C=CC(=O)N1CC(NC)C1.CN(CC=O)c1ccc(Cl)cc1-c1ccccc1. The van der Waals surface area contributed by atoms with Crippen molar-refractivity contribution < 1.29 is 9.59 Å². The number of rotatable bonds is 6. The van der Waals surface area contributed by atoms with Crippen molar-refractivity contribution in [3.63, 3.8) is 0 Å². The Morgan fingerprint density at radius 2 is 1.96 bits per heavy atom. The standard InChI is InChI=1S/C15H14ClNO.C7H12N2O/c1-17(9-10-18)15-8-7-13(16)11-14(15)12-5-3-2-4-6-12;1-3-7(10)9-4-6(5-9)8-2/h2-8,10-11H,9H2,1H3;3,6,8H,1,4-5H2,2H3. The lowest BCUT2D eigenvalue weighted by molar-refractivity contribution is -0.130. The van der Waals surface area contributed by atoms with Gasteiger partial charge >= 0.3 is 0 Å². The Morgan fingerprint density at radius 1 is 1.29 bits per heavy atom. The molecule has 1 N–H and O–H groups in total. The number of likely N-dealkylation sites (tertiary alicyclic amines) is 1. The van der Waals surface area contributed by atoms with Crippen LogP contribution in [0.4, 0.5) is 5.69 Å². The molecule has 1 amide bonds. The number of carbonyl (C=O) groups excluding carboxylic acids is 2. The molecule has 1 saturated heterocycles. The molecule has 1 heterocycles. The van der Waals surface area contributed by atoms with Gasteiger partial charge in [-0.2, -0.15) is 0 Å². The third kappa shape index (κ3) is 5.68. The second-order valence-electron chi connectivity index (χ2n) is 6.51. The van der Waals surface area contributed by atoms with E-state index >= 15 is 0 Å². The summed E-state index contributed by atoms with van der Waals surface area (Å²) < 4.78 is 0. The van der Waals surface area contributed by atoms with Crippen molar-refractivity contribution in [2.24, 2.45) is 0 Å². The molecular weight excluding hydrogens is 374 g/mol. The van der Waals surface area contributed by atoms with Gasteiger partial charge in [-0.25, -0.2) is 0 Å². The van der Waals surface area contributed by atoms with Gasteiger partial charge in [0.2, 0.25) is 5.91 Å². The molecule has 0 radical (unpaired) electrons. The fraction of sp³-hybridized carbons (Fsp3) is 0.273. The van der Waals surface area contributed by atoms with Crippen LogP contribution in [0, 0.1) is 0 Å². The van der Waals surface area contributed by atoms with E-state index in [1.807, 2.05) is 67.5 Å². The van der Waals surface area contributed by atoms with Gasteiger partial charge in [0.1, 0.15) is 6.29 Å². The van der Waals surface area contributed by atoms with E-state index in [0.29, 0.717) is 17.6 Å². The summed E-state index contributed by atoms with van der Waals surface area (Å²) in [6.07, 6.45) is 2.25. The number of benzene rings is 2. The number of anilines is 1. The van der Waals surface area contributed by atoms with Gasteiger partial charge in [0.15, 0.2) is 0 Å². The first-order valence-corrected chi connectivity index (χ1v) is 9.46. The highest BCUT2D eigenvalue weighted by molar-refractivity contribution is 6.31. The number of hydrogen-bond acceptors (Lipinski definition) is 4. The maximum Gasteiger partial charge on any atom is 0.246 e. The molecule has 1 fully saturated rings. The van der Waals surface area contributed by atoms with Gasteiger partial charge in [-0.3, -0.25) is 4.79 Å². The smallest absolute Gasteiger partial charge is 0.246 e. The maximum absolute atomic E-state index is 10.8. The Hall–Kier alpha value is -2.63. The van der Waals surface area contributed by atoms with Gasteiger partial charge < -0.3 is 19.9 Å². The summed E-state index contributed by atoms with van der Waals surface area (Å²) in [5.41, 5.74) is 3.12. The Morgan fingerprint density at radius 3 is 2.54 bits per heavy atom. The molecule has 6 heteroatoms. The second-order valence-corrected chi connectivity index (χ2v) is 6.94. The quantitative estimate of drug-likeness (QED) is 0.598. The van der Waals surface area contributed by atoms with Crippen molar-refractivity contribution >= 4 is 29.5 Å². The molecule has 0 atom stereocenters. The average molecular weight is 400 g/mol. The molecule has 0 unspecified atom stereocenters. The number of hydrogen-bond donors (Lipinski definition) is 1. The molecule has 3 rings (SSSR count). The molecular formula is C22H26ClN3O2. The highest BCUT2D eigenvalue weighted by Crippen LogP contribution is 2.32. The fourth-order valence-electron chi connectivity index (χ4n) is 2.87. The lowest BCUT2D eigenvalue weighted by atomic mass is 10.0. The highest BCUT2D eigenvalue weighted by Gasteiger charge is 2.27. The van der Waals surface area contributed by atoms with E-state index in [-0.39, 0.29) is 5.91 Å². The zero-order valence-electron chi connectivity index (χ0n) is 16.3. The first kappa shape index (κ1) is 21.7. The van der Waals surface area contributed by atoms with Gasteiger partial charge in [-0.1, -0.05) is 48.5 Å². The molecule has 148 valence electrons.